The van der Waals surface area contributed by atoms with Gasteiger partial charge in [-0.1, -0.05) is 30.3 Å². The van der Waals surface area contributed by atoms with Crippen molar-refractivity contribution in [2.24, 2.45) is 17.8 Å². The first-order valence-corrected chi connectivity index (χ1v) is 10.4. The molecule has 1 aliphatic carbocycles. The SMILES string of the molecule is O=C(O)CCC(=O)OCCC1C[C@@H]1C1CCN(C(=O)OCc2ccccc2)CC1. The lowest BCUT2D eigenvalue weighted by atomic mass is 9.91. The third kappa shape index (κ3) is 6.76. The monoisotopic (exact) mass is 403 g/mol. The molecule has 1 aliphatic heterocycles. The van der Waals surface area contributed by atoms with Crippen molar-refractivity contribution in [1.29, 1.82) is 0 Å². The maximum Gasteiger partial charge on any atom is 0.410 e. The summed E-state index contributed by atoms with van der Waals surface area (Å²) in [5, 5.41) is 8.56. The van der Waals surface area contributed by atoms with Crippen LogP contribution in [0.1, 0.15) is 44.1 Å². The average molecular weight is 403 g/mol. The van der Waals surface area contributed by atoms with Crippen molar-refractivity contribution in [3.05, 3.63) is 35.9 Å². The Morgan fingerprint density at radius 3 is 2.45 bits per heavy atom. The summed E-state index contributed by atoms with van der Waals surface area (Å²) >= 11 is 0. The summed E-state index contributed by atoms with van der Waals surface area (Å²) in [6.07, 6.45) is 3.46. The van der Waals surface area contributed by atoms with Gasteiger partial charge in [-0.3, -0.25) is 9.59 Å². The van der Waals surface area contributed by atoms with E-state index < -0.39 is 11.9 Å². The minimum absolute atomic E-state index is 0.0672. The highest BCUT2D eigenvalue weighted by molar-refractivity contribution is 5.76. The molecule has 2 fully saturated rings. The van der Waals surface area contributed by atoms with Crippen molar-refractivity contribution < 1.29 is 29.0 Å². The van der Waals surface area contributed by atoms with E-state index >= 15 is 0 Å². The number of carboxylic acids is 1. The molecule has 1 unspecified atom stereocenters. The number of amides is 1. The molecule has 2 aliphatic rings. The summed E-state index contributed by atoms with van der Waals surface area (Å²) in [5.74, 6) is 0.409. The number of piperidine rings is 1. The van der Waals surface area contributed by atoms with Crippen LogP contribution < -0.4 is 0 Å². The Bertz CT molecular complexity index is 699. The molecule has 29 heavy (non-hydrogen) atoms. The highest BCUT2D eigenvalue weighted by atomic mass is 16.6. The maximum atomic E-state index is 12.2. The molecule has 158 valence electrons. The molecule has 0 aromatic heterocycles. The van der Waals surface area contributed by atoms with Crippen LogP contribution >= 0.6 is 0 Å². The molecular formula is C22H29NO6. The molecule has 7 heteroatoms. The number of aliphatic carboxylic acids is 1. The van der Waals surface area contributed by atoms with Gasteiger partial charge in [0.05, 0.1) is 19.4 Å². The smallest absolute Gasteiger partial charge is 0.410 e. The zero-order chi connectivity index (χ0) is 20.6. The lowest BCUT2D eigenvalue weighted by Gasteiger charge is -2.31. The second-order valence-electron chi connectivity index (χ2n) is 7.93. The summed E-state index contributed by atoms with van der Waals surface area (Å²) in [5.41, 5.74) is 0.986. The normalized spacial score (nSPS) is 21.4. The van der Waals surface area contributed by atoms with Crippen LogP contribution in [0.5, 0.6) is 0 Å². The molecular weight excluding hydrogens is 374 g/mol. The zero-order valence-electron chi connectivity index (χ0n) is 16.6. The van der Waals surface area contributed by atoms with Gasteiger partial charge < -0.3 is 19.5 Å². The number of hydrogen-bond acceptors (Lipinski definition) is 5. The summed E-state index contributed by atoms with van der Waals surface area (Å²) in [6.45, 7) is 2.12. The molecule has 7 nitrogen and oxygen atoms in total. The number of esters is 1. The Kier molecular flexibility index (Phi) is 7.49. The Hall–Kier alpha value is -2.57. The number of carbonyl (C=O) groups excluding carboxylic acids is 2. The first-order chi connectivity index (χ1) is 14.0. The molecule has 1 aromatic rings. The first kappa shape index (κ1) is 21.1. The van der Waals surface area contributed by atoms with Crippen molar-refractivity contribution in [3.63, 3.8) is 0 Å². The third-order valence-corrected chi connectivity index (χ3v) is 5.88. The molecule has 1 N–H and O–H groups in total. The summed E-state index contributed by atoms with van der Waals surface area (Å²) in [4.78, 5) is 35.9. The molecule has 1 heterocycles. The summed E-state index contributed by atoms with van der Waals surface area (Å²) in [6, 6.07) is 9.67. The first-order valence-electron chi connectivity index (χ1n) is 10.4. The Labute approximate surface area is 171 Å². The van der Waals surface area contributed by atoms with Crippen molar-refractivity contribution in [2.45, 2.75) is 45.1 Å². The fourth-order valence-electron chi connectivity index (χ4n) is 4.11. The minimum Gasteiger partial charge on any atom is -0.481 e. The Balaban J connectivity index is 1.28. The lowest BCUT2D eigenvalue weighted by molar-refractivity contribution is -0.147. The number of hydrogen-bond donors (Lipinski definition) is 1. The maximum absolute atomic E-state index is 12.2. The molecule has 0 bridgehead atoms. The van der Waals surface area contributed by atoms with Crippen LogP contribution in [-0.4, -0.2) is 47.7 Å². The Morgan fingerprint density at radius 2 is 1.76 bits per heavy atom. The predicted octanol–water partition coefficient (Wildman–Crippen LogP) is 3.47. The molecule has 0 spiro atoms. The number of ether oxygens (including phenoxy) is 2. The van der Waals surface area contributed by atoms with Crippen molar-refractivity contribution >= 4 is 18.0 Å². The van der Waals surface area contributed by atoms with Crippen LogP contribution in [-0.2, 0) is 25.7 Å². The van der Waals surface area contributed by atoms with E-state index in [1.165, 1.54) is 0 Å². The van der Waals surface area contributed by atoms with Crippen LogP contribution in [0.15, 0.2) is 30.3 Å². The minimum atomic E-state index is -0.987. The highest BCUT2D eigenvalue weighted by Crippen LogP contribution is 2.49. The van der Waals surface area contributed by atoms with Gasteiger partial charge in [0.15, 0.2) is 0 Å². The number of rotatable bonds is 9. The average Bonchev–Trinajstić information content (AvgIpc) is 3.51. The van der Waals surface area contributed by atoms with E-state index in [9.17, 15) is 14.4 Å². The summed E-state index contributed by atoms with van der Waals surface area (Å²) in [7, 11) is 0. The highest BCUT2D eigenvalue weighted by Gasteiger charge is 2.43. The number of carboxylic acid groups (broad SMARTS) is 1. The van der Waals surface area contributed by atoms with Gasteiger partial charge in [0, 0.05) is 13.1 Å². The summed E-state index contributed by atoms with van der Waals surface area (Å²) < 4.78 is 10.5. The zero-order valence-corrected chi connectivity index (χ0v) is 16.6. The standard InChI is InChI=1S/C22H29NO6/c24-20(25)6-7-21(26)28-13-10-18-14-19(18)17-8-11-23(12-9-17)22(27)29-15-16-4-2-1-3-5-16/h1-5,17-19H,6-15H2,(H,24,25)/t18?,19-/m1/s1. The fourth-order valence-corrected chi connectivity index (χ4v) is 4.11. The largest absolute Gasteiger partial charge is 0.481 e. The number of likely N-dealkylation sites (tertiary alicyclic amines) is 1. The topological polar surface area (TPSA) is 93.1 Å². The van der Waals surface area contributed by atoms with E-state index in [1.807, 2.05) is 30.3 Å². The van der Waals surface area contributed by atoms with E-state index in [0.29, 0.717) is 31.0 Å². The van der Waals surface area contributed by atoms with Crippen LogP contribution in [0, 0.1) is 17.8 Å². The Morgan fingerprint density at radius 1 is 1.03 bits per heavy atom. The van der Waals surface area contributed by atoms with Gasteiger partial charge in [-0.2, -0.15) is 0 Å². The molecule has 1 saturated heterocycles. The van der Waals surface area contributed by atoms with Gasteiger partial charge in [-0.25, -0.2) is 4.79 Å². The van der Waals surface area contributed by atoms with E-state index in [2.05, 4.69) is 0 Å². The molecule has 1 amide bonds. The molecule has 1 aromatic carbocycles. The number of carbonyl (C=O) groups is 3. The van der Waals surface area contributed by atoms with Gasteiger partial charge in [0.2, 0.25) is 0 Å². The second-order valence-corrected chi connectivity index (χ2v) is 7.93. The molecule has 2 atom stereocenters. The second kappa shape index (κ2) is 10.3. The van der Waals surface area contributed by atoms with Crippen LogP contribution in [0.2, 0.25) is 0 Å². The van der Waals surface area contributed by atoms with E-state index in [0.717, 1.165) is 44.3 Å². The number of benzene rings is 1. The van der Waals surface area contributed by atoms with Gasteiger partial charge in [-0.15, -0.1) is 0 Å². The van der Waals surface area contributed by atoms with Gasteiger partial charge >= 0.3 is 18.0 Å². The van der Waals surface area contributed by atoms with Crippen molar-refractivity contribution in [3.8, 4) is 0 Å². The van der Waals surface area contributed by atoms with Crippen molar-refractivity contribution in [1.82, 2.24) is 4.90 Å². The third-order valence-electron chi connectivity index (χ3n) is 5.88. The number of nitrogens with zero attached hydrogens (tertiary/aromatic N) is 1. The predicted molar refractivity (Wildman–Crippen MR) is 105 cm³/mol. The van der Waals surface area contributed by atoms with Crippen molar-refractivity contribution in [2.75, 3.05) is 19.7 Å². The fraction of sp³-hybridized carbons (Fsp3) is 0.591. The van der Waals surface area contributed by atoms with Crippen LogP contribution in [0.25, 0.3) is 0 Å². The van der Waals surface area contributed by atoms with Gasteiger partial charge in [0.25, 0.3) is 0 Å². The van der Waals surface area contributed by atoms with Gasteiger partial charge in [0.1, 0.15) is 6.61 Å². The van der Waals surface area contributed by atoms with Crippen LogP contribution in [0.4, 0.5) is 4.79 Å². The molecule has 1 saturated carbocycles. The molecule has 3 rings (SSSR count). The van der Waals surface area contributed by atoms with E-state index in [1.54, 1.807) is 4.90 Å². The quantitative estimate of drug-likeness (QED) is 0.635. The molecule has 0 radical (unpaired) electrons. The lowest BCUT2D eigenvalue weighted by Crippen LogP contribution is -2.39. The van der Waals surface area contributed by atoms with E-state index in [-0.39, 0.29) is 18.9 Å². The van der Waals surface area contributed by atoms with Crippen LogP contribution in [0.3, 0.4) is 0 Å². The van der Waals surface area contributed by atoms with E-state index in [4.69, 9.17) is 14.6 Å². The van der Waals surface area contributed by atoms with Gasteiger partial charge in [-0.05, 0) is 49.0 Å².